The molecule has 0 atom stereocenters. The molecule has 0 aliphatic carbocycles. The largest absolute Gasteiger partial charge is 0.508 e. The third kappa shape index (κ3) is 5.20. The number of carboxylic acids is 2. The van der Waals surface area contributed by atoms with Crippen molar-refractivity contribution >= 4 is 11.9 Å². The van der Waals surface area contributed by atoms with Crippen molar-refractivity contribution < 1.29 is 44.6 Å². The SMILES string of the molecule is COc1cc(C(=O)O)cc(OC)c1O.O=C(O)c1cc(O)cc(O)c1. The first kappa shape index (κ1) is 19.4. The predicted molar refractivity (Wildman–Crippen MR) is 84.9 cm³/mol. The molecule has 0 bridgehead atoms. The number of aromatic carboxylic acids is 2. The van der Waals surface area contributed by atoms with Crippen LogP contribution in [0.3, 0.4) is 0 Å². The van der Waals surface area contributed by atoms with Crippen molar-refractivity contribution in [2.24, 2.45) is 0 Å². The molecule has 0 unspecified atom stereocenters. The third-order valence-corrected chi connectivity index (χ3v) is 2.88. The van der Waals surface area contributed by atoms with Crippen LogP contribution in [0.2, 0.25) is 0 Å². The molecule has 0 amide bonds. The molecule has 25 heavy (non-hydrogen) atoms. The van der Waals surface area contributed by atoms with Gasteiger partial charge in [-0.1, -0.05) is 0 Å². The molecule has 0 aliphatic rings. The summed E-state index contributed by atoms with van der Waals surface area (Å²) >= 11 is 0. The minimum Gasteiger partial charge on any atom is -0.508 e. The Morgan fingerprint density at radius 2 is 1.08 bits per heavy atom. The summed E-state index contributed by atoms with van der Waals surface area (Å²) in [5.41, 5.74) is -0.140. The van der Waals surface area contributed by atoms with E-state index >= 15 is 0 Å². The second kappa shape index (κ2) is 8.29. The van der Waals surface area contributed by atoms with Crippen LogP contribution in [0.4, 0.5) is 0 Å². The lowest BCUT2D eigenvalue weighted by Crippen LogP contribution is -1.98. The van der Waals surface area contributed by atoms with Crippen molar-refractivity contribution in [1.29, 1.82) is 0 Å². The molecular formula is C16H16O9. The molecule has 2 rings (SSSR count). The number of rotatable bonds is 4. The maximum atomic E-state index is 10.7. The summed E-state index contributed by atoms with van der Waals surface area (Å²) in [7, 11) is 2.67. The van der Waals surface area contributed by atoms with Crippen LogP contribution >= 0.6 is 0 Å². The fourth-order valence-electron chi connectivity index (χ4n) is 1.74. The average Bonchev–Trinajstić information content (AvgIpc) is 2.54. The first-order valence-electron chi connectivity index (χ1n) is 6.64. The van der Waals surface area contributed by atoms with E-state index in [1.807, 2.05) is 0 Å². The number of ether oxygens (including phenoxy) is 2. The number of aromatic hydroxyl groups is 3. The van der Waals surface area contributed by atoms with Gasteiger partial charge in [0.25, 0.3) is 0 Å². The van der Waals surface area contributed by atoms with Gasteiger partial charge in [0.1, 0.15) is 11.5 Å². The molecule has 0 fully saturated rings. The second-order valence-electron chi connectivity index (χ2n) is 4.58. The third-order valence-electron chi connectivity index (χ3n) is 2.88. The van der Waals surface area contributed by atoms with Gasteiger partial charge in [-0.2, -0.15) is 0 Å². The number of methoxy groups -OCH3 is 2. The predicted octanol–water partition coefficient (Wildman–Crippen LogP) is 1.90. The first-order chi connectivity index (χ1) is 11.7. The summed E-state index contributed by atoms with van der Waals surface area (Å²) in [6.45, 7) is 0. The Labute approximate surface area is 141 Å². The van der Waals surface area contributed by atoms with E-state index in [0.29, 0.717) is 0 Å². The zero-order valence-corrected chi connectivity index (χ0v) is 13.3. The Kier molecular flexibility index (Phi) is 6.44. The summed E-state index contributed by atoms with van der Waals surface area (Å²) in [6, 6.07) is 5.62. The number of phenolic OH excluding ortho intramolecular Hbond substituents is 3. The van der Waals surface area contributed by atoms with Crippen molar-refractivity contribution in [3.63, 3.8) is 0 Å². The maximum absolute atomic E-state index is 10.7. The monoisotopic (exact) mass is 352 g/mol. The van der Waals surface area contributed by atoms with Gasteiger partial charge in [-0.3, -0.25) is 0 Å². The molecule has 0 saturated carbocycles. The Balaban J connectivity index is 0.000000257. The Morgan fingerprint density at radius 1 is 0.720 bits per heavy atom. The van der Waals surface area contributed by atoms with Crippen LogP contribution in [0.15, 0.2) is 30.3 Å². The van der Waals surface area contributed by atoms with Gasteiger partial charge in [0, 0.05) is 6.07 Å². The van der Waals surface area contributed by atoms with Crippen LogP contribution in [-0.4, -0.2) is 51.7 Å². The van der Waals surface area contributed by atoms with Crippen LogP contribution in [0.5, 0.6) is 28.7 Å². The lowest BCUT2D eigenvalue weighted by molar-refractivity contribution is 0.0685. The maximum Gasteiger partial charge on any atom is 0.335 e. The van der Waals surface area contributed by atoms with Gasteiger partial charge in [-0.25, -0.2) is 9.59 Å². The highest BCUT2D eigenvalue weighted by Crippen LogP contribution is 2.36. The van der Waals surface area contributed by atoms with Crippen molar-refractivity contribution in [3.8, 4) is 28.7 Å². The minimum absolute atomic E-state index is 0.00324. The highest BCUT2D eigenvalue weighted by Gasteiger charge is 2.14. The van der Waals surface area contributed by atoms with Crippen molar-refractivity contribution in [2.75, 3.05) is 14.2 Å². The molecule has 0 aliphatic heterocycles. The molecule has 0 heterocycles. The summed E-state index contributed by atoms with van der Waals surface area (Å²) in [6.07, 6.45) is 0. The Bertz CT molecular complexity index is 738. The molecule has 0 saturated heterocycles. The zero-order chi connectivity index (χ0) is 19.1. The van der Waals surface area contributed by atoms with Crippen molar-refractivity contribution in [2.45, 2.75) is 0 Å². The van der Waals surface area contributed by atoms with E-state index in [1.54, 1.807) is 0 Å². The van der Waals surface area contributed by atoms with Crippen LogP contribution in [0.1, 0.15) is 20.7 Å². The van der Waals surface area contributed by atoms with Crippen LogP contribution in [-0.2, 0) is 0 Å². The second-order valence-corrected chi connectivity index (χ2v) is 4.58. The van der Waals surface area contributed by atoms with Gasteiger partial charge in [0.2, 0.25) is 5.75 Å². The molecule has 0 spiro atoms. The molecular weight excluding hydrogens is 336 g/mol. The quantitative estimate of drug-likeness (QED) is 0.555. The Hall–Kier alpha value is -3.62. The smallest absolute Gasteiger partial charge is 0.335 e. The van der Waals surface area contributed by atoms with Gasteiger partial charge < -0.3 is 35.0 Å². The fourth-order valence-corrected chi connectivity index (χ4v) is 1.74. The summed E-state index contributed by atoms with van der Waals surface area (Å²) in [5.74, 6) is -2.88. The van der Waals surface area contributed by atoms with Gasteiger partial charge in [0.05, 0.1) is 25.3 Å². The highest BCUT2D eigenvalue weighted by atomic mass is 16.5. The van der Waals surface area contributed by atoms with E-state index in [2.05, 4.69) is 0 Å². The van der Waals surface area contributed by atoms with Crippen LogP contribution in [0, 0.1) is 0 Å². The first-order valence-corrected chi connectivity index (χ1v) is 6.64. The number of phenols is 3. The van der Waals surface area contributed by atoms with E-state index in [9.17, 15) is 14.7 Å². The van der Waals surface area contributed by atoms with Gasteiger partial charge >= 0.3 is 11.9 Å². The Morgan fingerprint density at radius 3 is 1.40 bits per heavy atom. The van der Waals surface area contributed by atoms with E-state index in [4.69, 9.17) is 29.9 Å². The van der Waals surface area contributed by atoms with Gasteiger partial charge in [0.15, 0.2) is 11.5 Å². The van der Waals surface area contributed by atoms with E-state index in [-0.39, 0.29) is 39.9 Å². The zero-order valence-electron chi connectivity index (χ0n) is 13.3. The summed E-state index contributed by atoms with van der Waals surface area (Å²) in [4.78, 5) is 20.9. The van der Waals surface area contributed by atoms with Crippen LogP contribution in [0.25, 0.3) is 0 Å². The number of carboxylic acid groups (broad SMARTS) is 2. The number of hydrogen-bond acceptors (Lipinski definition) is 7. The fraction of sp³-hybridized carbons (Fsp3) is 0.125. The average molecular weight is 352 g/mol. The standard InChI is InChI=1S/C9H10O5.C7H6O4/c1-13-6-3-5(9(11)12)4-7(14-2)8(6)10;8-5-1-4(7(10)11)2-6(9)3-5/h3-4,10H,1-2H3,(H,11,12);1-3,8-9H,(H,10,11). The highest BCUT2D eigenvalue weighted by molar-refractivity contribution is 5.89. The van der Waals surface area contributed by atoms with E-state index < -0.39 is 11.9 Å². The van der Waals surface area contributed by atoms with E-state index in [0.717, 1.165) is 18.2 Å². The lowest BCUT2D eigenvalue weighted by Gasteiger charge is -2.08. The summed E-state index contributed by atoms with van der Waals surface area (Å²) in [5, 5.41) is 44.2. The lowest BCUT2D eigenvalue weighted by atomic mass is 10.2. The van der Waals surface area contributed by atoms with Gasteiger partial charge in [-0.15, -0.1) is 0 Å². The van der Waals surface area contributed by atoms with Gasteiger partial charge in [-0.05, 0) is 24.3 Å². The number of hydrogen-bond donors (Lipinski definition) is 5. The molecule has 9 heteroatoms. The summed E-state index contributed by atoms with van der Waals surface area (Å²) < 4.78 is 9.57. The minimum atomic E-state index is -1.18. The molecule has 2 aromatic rings. The molecule has 134 valence electrons. The molecule has 9 nitrogen and oxygen atoms in total. The molecule has 5 N–H and O–H groups in total. The number of carbonyl (C=O) groups is 2. The number of benzene rings is 2. The normalized spacial score (nSPS) is 9.52. The molecule has 0 radical (unpaired) electrons. The molecule has 2 aromatic carbocycles. The van der Waals surface area contributed by atoms with Crippen molar-refractivity contribution in [1.82, 2.24) is 0 Å². The molecule has 0 aromatic heterocycles. The van der Waals surface area contributed by atoms with E-state index in [1.165, 1.54) is 26.4 Å². The topological polar surface area (TPSA) is 154 Å². The van der Waals surface area contributed by atoms with Crippen molar-refractivity contribution in [3.05, 3.63) is 41.5 Å². The van der Waals surface area contributed by atoms with Crippen LogP contribution < -0.4 is 9.47 Å².